The van der Waals surface area contributed by atoms with Crippen LogP contribution in [0.15, 0.2) is 36.4 Å². The van der Waals surface area contributed by atoms with Crippen LogP contribution in [0.2, 0.25) is 0 Å². The van der Waals surface area contributed by atoms with Crippen LogP contribution >= 0.6 is 0 Å². The summed E-state index contributed by atoms with van der Waals surface area (Å²) in [4.78, 5) is 0. The monoisotopic (exact) mass is 325 g/mol. The first-order valence-electron chi connectivity index (χ1n) is 7.74. The Labute approximate surface area is 142 Å². The molecule has 0 unspecified atom stereocenters. The molecular weight excluding hydrogens is 302 g/mol. The lowest BCUT2D eigenvalue weighted by Crippen LogP contribution is -2.09. The predicted molar refractivity (Wildman–Crippen MR) is 97.6 cm³/mol. The van der Waals surface area contributed by atoms with Gasteiger partial charge in [-0.2, -0.15) is 0 Å². The molecule has 5 heteroatoms. The predicted octanol–water partition coefficient (Wildman–Crippen LogP) is 4.26. The van der Waals surface area contributed by atoms with Crippen LogP contribution in [0.5, 0.6) is 5.75 Å². The first-order valence-corrected chi connectivity index (χ1v) is 7.74. The van der Waals surface area contributed by atoms with E-state index >= 15 is 0 Å². The Bertz CT molecular complexity index is 769. The number of anilines is 1. The molecule has 0 aliphatic carbocycles. The summed E-state index contributed by atoms with van der Waals surface area (Å²) in [6, 6.07) is 11.5. The van der Waals surface area contributed by atoms with Gasteiger partial charge >= 0.3 is 0 Å². The molecule has 0 saturated heterocycles. The summed E-state index contributed by atoms with van der Waals surface area (Å²) in [6.45, 7) is 5.96. The van der Waals surface area contributed by atoms with E-state index < -0.39 is 0 Å². The van der Waals surface area contributed by atoms with Crippen LogP contribution in [-0.4, -0.2) is 18.8 Å². The van der Waals surface area contributed by atoms with Gasteiger partial charge in [-0.3, -0.25) is 10.8 Å². The molecule has 24 heavy (non-hydrogen) atoms. The first-order chi connectivity index (χ1) is 11.4. The number of rotatable bonds is 5. The van der Waals surface area contributed by atoms with Gasteiger partial charge in [0.1, 0.15) is 12.4 Å². The Morgan fingerprint density at radius 1 is 1.08 bits per heavy atom. The van der Waals surface area contributed by atoms with Crippen LogP contribution in [0.4, 0.5) is 5.69 Å². The topological polar surface area (TPSA) is 78.2 Å². The van der Waals surface area contributed by atoms with Crippen molar-refractivity contribution in [2.24, 2.45) is 0 Å². The maximum atomic E-state index is 7.83. The van der Waals surface area contributed by atoms with Gasteiger partial charge in [0.2, 0.25) is 5.90 Å². The smallest absolute Gasteiger partial charge is 0.220 e. The molecule has 3 N–H and O–H groups in total. The summed E-state index contributed by atoms with van der Waals surface area (Å²) >= 11 is 0. The third-order valence-electron chi connectivity index (χ3n) is 3.74. The van der Waals surface area contributed by atoms with E-state index in [-0.39, 0.29) is 11.8 Å². The summed E-state index contributed by atoms with van der Waals surface area (Å²) in [7, 11) is 1.90. The lowest BCUT2D eigenvalue weighted by Gasteiger charge is -2.15. The lowest BCUT2D eigenvalue weighted by molar-refractivity contribution is 0.304. The number of benzene rings is 2. The molecule has 0 heterocycles. The van der Waals surface area contributed by atoms with Crippen molar-refractivity contribution in [2.45, 2.75) is 27.4 Å². The van der Waals surface area contributed by atoms with E-state index in [0.717, 1.165) is 22.6 Å². The molecule has 0 fully saturated rings. The van der Waals surface area contributed by atoms with Crippen LogP contribution in [0.25, 0.3) is 0 Å². The Kier molecular flexibility index (Phi) is 5.58. The third-order valence-corrected chi connectivity index (χ3v) is 3.74. The maximum absolute atomic E-state index is 7.83. The first kappa shape index (κ1) is 17.5. The van der Waals surface area contributed by atoms with Gasteiger partial charge in [0.15, 0.2) is 5.90 Å². The van der Waals surface area contributed by atoms with E-state index in [0.29, 0.717) is 12.2 Å². The van der Waals surface area contributed by atoms with E-state index in [1.807, 2.05) is 38.2 Å². The Hall–Kier alpha value is -2.82. The van der Waals surface area contributed by atoms with Crippen molar-refractivity contribution in [1.82, 2.24) is 0 Å². The van der Waals surface area contributed by atoms with Crippen molar-refractivity contribution in [3.8, 4) is 5.75 Å². The number of ether oxygens (including phenoxy) is 2. The SMILES string of the molecule is CNc1cccc(C)c1COc1ccc(C(=N)OC(C)=N)cc1C. The van der Waals surface area contributed by atoms with Gasteiger partial charge in [-0.1, -0.05) is 12.1 Å². The minimum absolute atomic E-state index is 0.00266. The van der Waals surface area contributed by atoms with Crippen LogP contribution < -0.4 is 10.1 Å². The van der Waals surface area contributed by atoms with Crippen LogP contribution in [0, 0.1) is 24.7 Å². The summed E-state index contributed by atoms with van der Waals surface area (Å²) in [6.07, 6.45) is 0. The van der Waals surface area contributed by atoms with Crippen molar-refractivity contribution in [3.63, 3.8) is 0 Å². The lowest BCUT2D eigenvalue weighted by atomic mass is 10.1. The zero-order valence-electron chi connectivity index (χ0n) is 14.5. The van der Waals surface area contributed by atoms with Crippen molar-refractivity contribution >= 4 is 17.5 Å². The highest BCUT2D eigenvalue weighted by atomic mass is 16.5. The van der Waals surface area contributed by atoms with Crippen molar-refractivity contribution in [2.75, 3.05) is 12.4 Å². The second-order valence-electron chi connectivity index (χ2n) is 5.61. The van der Waals surface area contributed by atoms with E-state index in [9.17, 15) is 0 Å². The third kappa shape index (κ3) is 4.13. The summed E-state index contributed by atoms with van der Waals surface area (Å²) in [5, 5.41) is 18.3. The summed E-state index contributed by atoms with van der Waals surface area (Å²) in [5.74, 6) is 0.731. The average molecular weight is 325 g/mol. The van der Waals surface area contributed by atoms with E-state index in [1.54, 1.807) is 6.07 Å². The van der Waals surface area contributed by atoms with Gasteiger partial charge in [0.05, 0.1) is 0 Å². The fourth-order valence-electron chi connectivity index (χ4n) is 2.44. The quantitative estimate of drug-likeness (QED) is 0.567. The van der Waals surface area contributed by atoms with E-state index in [4.69, 9.17) is 20.3 Å². The minimum atomic E-state index is -0.0338. The summed E-state index contributed by atoms with van der Waals surface area (Å²) < 4.78 is 11.0. The van der Waals surface area contributed by atoms with Crippen LogP contribution in [-0.2, 0) is 11.3 Å². The molecule has 0 aromatic heterocycles. The second-order valence-corrected chi connectivity index (χ2v) is 5.61. The van der Waals surface area contributed by atoms with Gasteiger partial charge in [-0.05, 0) is 49.2 Å². The van der Waals surface area contributed by atoms with Gasteiger partial charge < -0.3 is 14.8 Å². The zero-order chi connectivity index (χ0) is 17.7. The zero-order valence-corrected chi connectivity index (χ0v) is 14.5. The Morgan fingerprint density at radius 2 is 1.83 bits per heavy atom. The molecule has 0 atom stereocenters. The minimum Gasteiger partial charge on any atom is -0.489 e. The molecule has 0 saturated carbocycles. The van der Waals surface area contributed by atoms with Gasteiger partial charge in [-0.25, -0.2) is 0 Å². The van der Waals surface area contributed by atoms with Crippen LogP contribution in [0.1, 0.15) is 29.2 Å². The number of hydrogen-bond acceptors (Lipinski definition) is 5. The van der Waals surface area contributed by atoms with E-state index in [1.165, 1.54) is 12.5 Å². The van der Waals surface area contributed by atoms with Gasteiger partial charge in [-0.15, -0.1) is 0 Å². The fourth-order valence-corrected chi connectivity index (χ4v) is 2.44. The van der Waals surface area contributed by atoms with Crippen molar-refractivity contribution in [3.05, 3.63) is 58.7 Å². The molecule has 0 bridgehead atoms. The number of aryl methyl sites for hydroxylation is 2. The maximum Gasteiger partial charge on any atom is 0.220 e. The standard InChI is InChI=1S/C19H23N3O2/c1-12-6-5-7-17(22-4)16(12)11-23-18-9-8-15(10-13(18)2)19(21)24-14(3)20/h5-10,20-22H,11H2,1-4H3. The number of nitrogens with one attached hydrogen (secondary N) is 3. The molecule has 2 aromatic carbocycles. The Balaban J connectivity index is 2.14. The highest BCUT2D eigenvalue weighted by Gasteiger charge is 2.10. The molecule has 0 aliphatic heterocycles. The summed E-state index contributed by atoms with van der Waals surface area (Å²) in [5.41, 5.74) is 4.90. The molecule has 2 rings (SSSR count). The normalized spacial score (nSPS) is 10.2. The molecule has 0 spiro atoms. The average Bonchev–Trinajstić information content (AvgIpc) is 2.53. The molecule has 126 valence electrons. The van der Waals surface area contributed by atoms with Gasteiger partial charge in [0, 0.05) is 30.8 Å². The van der Waals surface area contributed by atoms with Crippen molar-refractivity contribution < 1.29 is 9.47 Å². The Morgan fingerprint density at radius 3 is 2.46 bits per heavy atom. The number of hydrogen-bond donors (Lipinski definition) is 3. The molecule has 0 aliphatic rings. The molecule has 5 nitrogen and oxygen atoms in total. The molecule has 0 radical (unpaired) electrons. The largest absolute Gasteiger partial charge is 0.489 e. The molecule has 2 aromatic rings. The highest BCUT2D eigenvalue weighted by molar-refractivity contribution is 5.98. The second kappa shape index (κ2) is 7.64. The molecule has 0 amide bonds. The fraction of sp³-hybridized carbons (Fsp3) is 0.263. The van der Waals surface area contributed by atoms with Gasteiger partial charge in [0.25, 0.3) is 0 Å². The highest BCUT2D eigenvalue weighted by Crippen LogP contribution is 2.24. The van der Waals surface area contributed by atoms with Crippen molar-refractivity contribution in [1.29, 1.82) is 10.8 Å². The van der Waals surface area contributed by atoms with E-state index in [2.05, 4.69) is 18.3 Å². The van der Waals surface area contributed by atoms with Crippen LogP contribution in [0.3, 0.4) is 0 Å². The molecular formula is C19H23N3O2.